The number of ether oxygens (including phenoxy) is 2. The van der Waals surface area contributed by atoms with Crippen molar-refractivity contribution in [1.29, 1.82) is 0 Å². The van der Waals surface area contributed by atoms with E-state index in [4.69, 9.17) is 9.47 Å². The second-order valence-electron chi connectivity index (χ2n) is 6.95. The van der Waals surface area contributed by atoms with Gasteiger partial charge in [-0.15, -0.1) is 0 Å². The number of para-hydroxylation sites is 2. The smallest absolute Gasteiger partial charge is 0.262 e. The lowest BCUT2D eigenvalue weighted by atomic mass is 10.3. The zero-order chi connectivity index (χ0) is 21.6. The van der Waals surface area contributed by atoms with Crippen LogP contribution in [0.25, 0.3) is 0 Å². The molecule has 2 aromatic carbocycles. The summed E-state index contributed by atoms with van der Waals surface area (Å²) >= 11 is 0. The second kappa shape index (κ2) is 9.92. The molecule has 3 rings (SSSR count). The summed E-state index contributed by atoms with van der Waals surface area (Å²) in [7, 11) is -1.64. The first kappa shape index (κ1) is 22.1. The third-order valence-corrected chi connectivity index (χ3v) is 6.62. The van der Waals surface area contributed by atoms with Crippen molar-refractivity contribution in [1.82, 2.24) is 9.21 Å². The first-order valence-corrected chi connectivity index (χ1v) is 11.3. The highest BCUT2D eigenvalue weighted by Crippen LogP contribution is 2.26. The number of nitrogens with zero attached hydrogens (tertiary/aromatic N) is 2. The van der Waals surface area contributed by atoms with Gasteiger partial charge in [0.1, 0.15) is 0 Å². The van der Waals surface area contributed by atoms with Crippen molar-refractivity contribution in [3.8, 4) is 11.5 Å². The van der Waals surface area contributed by atoms with E-state index in [2.05, 4.69) is 10.2 Å². The van der Waals surface area contributed by atoms with E-state index in [1.165, 1.54) is 16.4 Å². The quantitative estimate of drug-likeness (QED) is 0.686. The molecule has 1 N–H and O–H groups in total. The summed E-state index contributed by atoms with van der Waals surface area (Å²) in [6, 6.07) is 13.4. The van der Waals surface area contributed by atoms with Crippen LogP contribution in [0, 0.1) is 0 Å². The molecule has 1 fully saturated rings. The van der Waals surface area contributed by atoms with E-state index in [1.54, 1.807) is 30.3 Å². The molecule has 162 valence electrons. The summed E-state index contributed by atoms with van der Waals surface area (Å²) in [5.41, 5.74) is 0.400. The number of hydrogen-bond donors (Lipinski definition) is 1. The number of benzene rings is 2. The highest BCUT2D eigenvalue weighted by Gasteiger charge is 2.27. The SMILES string of the molecule is CCOc1ccccc1OCC(=O)Nc1cccc(S(=O)(=O)N2CCN(C)CC2)c1. The van der Waals surface area contributed by atoms with E-state index in [9.17, 15) is 13.2 Å². The van der Waals surface area contributed by atoms with Gasteiger partial charge in [-0.05, 0) is 44.3 Å². The van der Waals surface area contributed by atoms with Gasteiger partial charge in [0.15, 0.2) is 18.1 Å². The predicted molar refractivity (Wildman–Crippen MR) is 114 cm³/mol. The summed E-state index contributed by atoms with van der Waals surface area (Å²) in [6.45, 7) is 4.41. The van der Waals surface area contributed by atoms with Crippen LogP contribution < -0.4 is 14.8 Å². The van der Waals surface area contributed by atoms with Gasteiger partial charge in [0.25, 0.3) is 5.91 Å². The fourth-order valence-corrected chi connectivity index (χ4v) is 4.56. The van der Waals surface area contributed by atoms with Crippen molar-refractivity contribution in [3.05, 3.63) is 48.5 Å². The summed E-state index contributed by atoms with van der Waals surface area (Å²) in [5.74, 6) is 0.643. The third-order valence-electron chi connectivity index (χ3n) is 4.73. The molecule has 0 bridgehead atoms. The Balaban J connectivity index is 1.63. The Labute approximate surface area is 177 Å². The monoisotopic (exact) mass is 433 g/mol. The Bertz CT molecular complexity index is 972. The highest BCUT2D eigenvalue weighted by molar-refractivity contribution is 7.89. The van der Waals surface area contributed by atoms with Gasteiger partial charge in [0, 0.05) is 31.9 Å². The Kier molecular flexibility index (Phi) is 7.30. The number of carbonyl (C=O) groups excluding carboxylic acids is 1. The van der Waals surface area contributed by atoms with Crippen molar-refractivity contribution in [2.45, 2.75) is 11.8 Å². The van der Waals surface area contributed by atoms with Crippen LogP contribution in [-0.2, 0) is 14.8 Å². The van der Waals surface area contributed by atoms with Gasteiger partial charge in [-0.1, -0.05) is 18.2 Å². The second-order valence-corrected chi connectivity index (χ2v) is 8.89. The normalized spacial score (nSPS) is 15.5. The van der Waals surface area contributed by atoms with E-state index < -0.39 is 15.9 Å². The van der Waals surface area contributed by atoms with Crippen LogP contribution >= 0.6 is 0 Å². The summed E-state index contributed by atoms with van der Waals surface area (Å²) in [5, 5.41) is 2.69. The van der Waals surface area contributed by atoms with Gasteiger partial charge < -0.3 is 19.7 Å². The first-order chi connectivity index (χ1) is 14.4. The first-order valence-electron chi connectivity index (χ1n) is 9.83. The number of piperazine rings is 1. The Morgan fingerprint density at radius 1 is 1.00 bits per heavy atom. The van der Waals surface area contributed by atoms with Crippen molar-refractivity contribution in [3.63, 3.8) is 0 Å². The number of carbonyl (C=O) groups is 1. The minimum Gasteiger partial charge on any atom is -0.490 e. The van der Waals surface area contributed by atoms with Crippen LogP contribution in [-0.4, -0.2) is 70.0 Å². The maximum atomic E-state index is 12.9. The topological polar surface area (TPSA) is 88.2 Å². The van der Waals surface area contributed by atoms with E-state index in [0.29, 0.717) is 50.0 Å². The van der Waals surface area contributed by atoms with Crippen molar-refractivity contribution < 1.29 is 22.7 Å². The number of hydrogen-bond acceptors (Lipinski definition) is 6. The molecule has 1 amide bonds. The van der Waals surface area contributed by atoms with Gasteiger partial charge in [-0.3, -0.25) is 4.79 Å². The predicted octanol–water partition coefficient (Wildman–Crippen LogP) is 2.04. The molecule has 0 aromatic heterocycles. The number of nitrogens with one attached hydrogen (secondary N) is 1. The molecule has 0 unspecified atom stereocenters. The van der Waals surface area contributed by atoms with Crippen LogP contribution in [0.4, 0.5) is 5.69 Å². The molecule has 2 aromatic rings. The zero-order valence-electron chi connectivity index (χ0n) is 17.2. The van der Waals surface area contributed by atoms with Crippen molar-refractivity contribution >= 4 is 21.6 Å². The fraction of sp³-hybridized carbons (Fsp3) is 0.381. The standard InChI is InChI=1S/C21H27N3O5S/c1-3-28-19-9-4-5-10-20(19)29-16-21(25)22-17-7-6-8-18(15-17)30(26,27)24-13-11-23(2)12-14-24/h4-10,15H,3,11-14,16H2,1-2H3,(H,22,25). The summed E-state index contributed by atoms with van der Waals surface area (Å²) < 4.78 is 38.3. The number of anilines is 1. The van der Waals surface area contributed by atoms with Crippen LogP contribution in [0.1, 0.15) is 6.92 Å². The number of amides is 1. The molecule has 9 heteroatoms. The molecule has 8 nitrogen and oxygen atoms in total. The maximum Gasteiger partial charge on any atom is 0.262 e. The molecular weight excluding hydrogens is 406 g/mol. The zero-order valence-corrected chi connectivity index (χ0v) is 18.0. The van der Waals surface area contributed by atoms with Gasteiger partial charge in [-0.2, -0.15) is 4.31 Å². The van der Waals surface area contributed by atoms with E-state index in [-0.39, 0.29) is 11.5 Å². The largest absolute Gasteiger partial charge is 0.490 e. The van der Waals surface area contributed by atoms with Crippen LogP contribution in [0.2, 0.25) is 0 Å². The van der Waals surface area contributed by atoms with Gasteiger partial charge >= 0.3 is 0 Å². The molecule has 0 saturated carbocycles. The van der Waals surface area contributed by atoms with Gasteiger partial charge in [0.05, 0.1) is 11.5 Å². The molecular formula is C21H27N3O5S. The number of rotatable bonds is 8. The Morgan fingerprint density at radius 3 is 2.33 bits per heavy atom. The molecule has 1 saturated heterocycles. The molecule has 0 spiro atoms. The molecule has 0 atom stereocenters. The van der Waals surface area contributed by atoms with E-state index in [0.717, 1.165) is 0 Å². The molecule has 1 aliphatic heterocycles. The highest BCUT2D eigenvalue weighted by atomic mass is 32.2. The van der Waals surface area contributed by atoms with Crippen molar-refractivity contribution in [2.75, 3.05) is 51.8 Å². The third kappa shape index (κ3) is 5.50. The lowest BCUT2D eigenvalue weighted by Crippen LogP contribution is -2.47. The average Bonchev–Trinajstić information content (AvgIpc) is 2.74. The van der Waals surface area contributed by atoms with E-state index >= 15 is 0 Å². The Hall–Kier alpha value is -2.62. The molecule has 30 heavy (non-hydrogen) atoms. The molecule has 0 radical (unpaired) electrons. The molecule has 0 aliphatic carbocycles. The van der Waals surface area contributed by atoms with Gasteiger partial charge in [0.2, 0.25) is 10.0 Å². The maximum absolute atomic E-state index is 12.9. The van der Waals surface area contributed by atoms with Crippen LogP contribution in [0.3, 0.4) is 0 Å². The minimum absolute atomic E-state index is 0.160. The lowest BCUT2D eigenvalue weighted by Gasteiger charge is -2.31. The average molecular weight is 434 g/mol. The van der Waals surface area contributed by atoms with E-state index in [1.807, 2.05) is 20.0 Å². The summed E-state index contributed by atoms with van der Waals surface area (Å²) in [4.78, 5) is 14.6. The molecule has 1 aliphatic rings. The fourth-order valence-electron chi connectivity index (χ4n) is 3.10. The molecule has 1 heterocycles. The van der Waals surface area contributed by atoms with Crippen LogP contribution in [0.5, 0.6) is 11.5 Å². The minimum atomic E-state index is -3.60. The van der Waals surface area contributed by atoms with Crippen molar-refractivity contribution in [2.24, 2.45) is 0 Å². The van der Waals surface area contributed by atoms with Crippen LogP contribution in [0.15, 0.2) is 53.4 Å². The summed E-state index contributed by atoms with van der Waals surface area (Å²) in [6.07, 6.45) is 0. The number of sulfonamides is 1. The number of likely N-dealkylation sites (N-methyl/N-ethyl adjacent to an activating group) is 1. The van der Waals surface area contributed by atoms with Gasteiger partial charge in [-0.25, -0.2) is 8.42 Å². The Morgan fingerprint density at radius 2 is 1.67 bits per heavy atom. The lowest BCUT2D eigenvalue weighted by molar-refractivity contribution is -0.118.